The lowest BCUT2D eigenvalue weighted by atomic mass is 9.87. The molecular weight excluding hydrogens is 420 g/mol. The number of rotatable bonds is 7. The molecule has 1 aliphatic heterocycles. The van der Waals surface area contributed by atoms with Crippen LogP contribution in [0, 0.1) is 28.6 Å². The minimum Gasteiger partial charge on any atom is -0.459 e. The molecule has 3 aliphatic carbocycles. The van der Waals surface area contributed by atoms with Crippen molar-refractivity contribution in [3.05, 3.63) is 0 Å². The summed E-state index contributed by atoms with van der Waals surface area (Å²) in [5.41, 5.74) is -0.919. The van der Waals surface area contributed by atoms with Crippen LogP contribution < -0.4 is 0 Å². The SMILES string of the molecule is CCC(C)(C)C(=O)OC1C2CC3C(=O)OC1C3C2.CCC1(OC(=O)C(C)(C)CC)CCCC1. The van der Waals surface area contributed by atoms with Gasteiger partial charge in [-0.1, -0.05) is 20.8 Å². The highest BCUT2D eigenvalue weighted by molar-refractivity contribution is 5.78. The molecule has 0 aromatic carbocycles. The summed E-state index contributed by atoms with van der Waals surface area (Å²) in [6.07, 6.45) is 8.50. The van der Waals surface area contributed by atoms with E-state index in [2.05, 4.69) is 6.92 Å². The van der Waals surface area contributed by atoms with Crippen molar-refractivity contribution in [2.45, 2.75) is 124 Å². The van der Waals surface area contributed by atoms with E-state index < -0.39 is 5.41 Å². The molecule has 5 unspecified atom stereocenters. The molecule has 6 nitrogen and oxygen atoms in total. The van der Waals surface area contributed by atoms with E-state index in [-0.39, 0.29) is 47.0 Å². The highest BCUT2D eigenvalue weighted by atomic mass is 16.6. The first kappa shape index (κ1) is 26.0. The van der Waals surface area contributed by atoms with Crippen LogP contribution in [0.25, 0.3) is 0 Å². The van der Waals surface area contributed by atoms with Crippen molar-refractivity contribution in [2.24, 2.45) is 28.6 Å². The van der Waals surface area contributed by atoms with E-state index in [1.807, 2.05) is 41.5 Å². The van der Waals surface area contributed by atoms with Gasteiger partial charge in [-0.25, -0.2) is 0 Å². The highest BCUT2D eigenvalue weighted by Gasteiger charge is 2.63. The van der Waals surface area contributed by atoms with Crippen LogP contribution in [0.2, 0.25) is 0 Å². The molecule has 5 atom stereocenters. The molecule has 0 spiro atoms. The van der Waals surface area contributed by atoms with Crippen molar-refractivity contribution < 1.29 is 28.6 Å². The van der Waals surface area contributed by atoms with Crippen molar-refractivity contribution >= 4 is 17.9 Å². The van der Waals surface area contributed by atoms with Crippen LogP contribution >= 0.6 is 0 Å². The van der Waals surface area contributed by atoms with Gasteiger partial charge in [0.05, 0.1) is 16.7 Å². The Bertz CT molecular complexity index is 748. The maximum atomic E-state index is 12.1. The second-order valence-corrected chi connectivity index (χ2v) is 11.9. The number of hydrogen-bond donors (Lipinski definition) is 0. The van der Waals surface area contributed by atoms with Crippen molar-refractivity contribution in [1.29, 1.82) is 0 Å². The normalized spacial score (nSPS) is 31.6. The molecule has 6 heteroatoms. The molecular formula is C27H44O6. The molecule has 0 radical (unpaired) electrons. The second-order valence-electron chi connectivity index (χ2n) is 11.9. The number of carbonyl (C=O) groups is 3. The van der Waals surface area contributed by atoms with Gasteiger partial charge in [0, 0.05) is 11.8 Å². The largest absolute Gasteiger partial charge is 0.459 e. The standard InChI is InChI=1S/C14H20O4.C13H24O2/c1-4-14(2,3)13(16)18-10-7-5-8-9(6-7)12(15)17-11(8)10;1-5-12(3,4)11(14)15-13(6-2)9-7-8-10-13/h7-11H,4-6H2,1-3H3;5-10H2,1-4H3. The van der Waals surface area contributed by atoms with Gasteiger partial charge in [0.2, 0.25) is 0 Å². The molecule has 4 fully saturated rings. The third-order valence-corrected chi connectivity index (χ3v) is 9.00. The van der Waals surface area contributed by atoms with E-state index in [1.165, 1.54) is 12.8 Å². The zero-order valence-corrected chi connectivity index (χ0v) is 21.7. The zero-order valence-electron chi connectivity index (χ0n) is 21.7. The third kappa shape index (κ3) is 5.09. The third-order valence-electron chi connectivity index (χ3n) is 9.00. The molecule has 0 amide bonds. The minimum atomic E-state index is -0.455. The van der Waals surface area contributed by atoms with Gasteiger partial charge in [-0.3, -0.25) is 14.4 Å². The number of carbonyl (C=O) groups excluding carboxylic acids is 3. The van der Waals surface area contributed by atoms with Gasteiger partial charge in [-0.2, -0.15) is 0 Å². The van der Waals surface area contributed by atoms with Gasteiger partial charge in [0.15, 0.2) is 0 Å². The molecule has 0 aromatic heterocycles. The lowest BCUT2D eigenvalue weighted by Gasteiger charge is -2.32. The Balaban J connectivity index is 0.000000190. The molecule has 0 aromatic rings. The fourth-order valence-electron chi connectivity index (χ4n) is 5.52. The van der Waals surface area contributed by atoms with Crippen molar-refractivity contribution in [2.75, 3.05) is 0 Å². The van der Waals surface area contributed by atoms with Crippen LogP contribution in [0.15, 0.2) is 0 Å². The van der Waals surface area contributed by atoms with Gasteiger partial charge < -0.3 is 14.2 Å². The van der Waals surface area contributed by atoms with Crippen LogP contribution in [0.5, 0.6) is 0 Å². The molecule has 4 rings (SSSR count). The van der Waals surface area contributed by atoms with Gasteiger partial charge in [0.1, 0.15) is 17.8 Å². The summed E-state index contributed by atoms with van der Waals surface area (Å²) in [7, 11) is 0. The number of ether oxygens (including phenoxy) is 3. The lowest BCUT2D eigenvalue weighted by Crippen LogP contribution is -2.39. The first-order chi connectivity index (χ1) is 15.4. The van der Waals surface area contributed by atoms with E-state index in [4.69, 9.17) is 14.2 Å². The number of esters is 3. The quantitative estimate of drug-likeness (QED) is 0.360. The summed E-state index contributed by atoms with van der Waals surface area (Å²) in [5.74, 6) is 0.434. The predicted octanol–water partition coefficient (Wildman–Crippen LogP) is 5.60. The fourth-order valence-corrected chi connectivity index (χ4v) is 5.52. The number of hydrogen-bond acceptors (Lipinski definition) is 6. The molecule has 33 heavy (non-hydrogen) atoms. The first-order valence-electron chi connectivity index (χ1n) is 13.0. The molecule has 1 heterocycles. The Morgan fingerprint density at radius 1 is 0.970 bits per heavy atom. The van der Waals surface area contributed by atoms with Crippen molar-refractivity contribution in [3.8, 4) is 0 Å². The fraction of sp³-hybridized carbons (Fsp3) is 0.889. The van der Waals surface area contributed by atoms with E-state index in [0.29, 0.717) is 11.8 Å². The van der Waals surface area contributed by atoms with E-state index in [9.17, 15) is 14.4 Å². The molecule has 1 saturated heterocycles. The summed E-state index contributed by atoms with van der Waals surface area (Å²) in [4.78, 5) is 35.7. The molecule has 2 bridgehead atoms. The lowest BCUT2D eigenvalue weighted by molar-refractivity contribution is -0.171. The Morgan fingerprint density at radius 3 is 2.09 bits per heavy atom. The maximum Gasteiger partial charge on any atom is 0.312 e. The molecule has 4 aliphatic rings. The maximum absolute atomic E-state index is 12.1. The Morgan fingerprint density at radius 2 is 1.55 bits per heavy atom. The Hall–Kier alpha value is -1.59. The summed E-state index contributed by atoms with van der Waals surface area (Å²) >= 11 is 0. The van der Waals surface area contributed by atoms with Gasteiger partial charge >= 0.3 is 17.9 Å². The van der Waals surface area contributed by atoms with Crippen LogP contribution in [0.3, 0.4) is 0 Å². The Labute approximate surface area is 199 Å². The zero-order chi connectivity index (χ0) is 24.6. The van der Waals surface area contributed by atoms with Crippen LogP contribution in [0.1, 0.15) is 106 Å². The summed E-state index contributed by atoms with van der Waals surface area (Å²) in [6.45, 7) is 13.9. The van der Waals surface area contributed by atoms with Crippen molar-refractivity contribution in [3.63, 3.8) is 0 Å². The topological polar surface area (TPSA) is 78.9 Å². The first-order valence-corrected chi connectivity index (χ1v) is 13.0. The second kappa shape index (κ2) is 9.58. The van der Waals surface area contributed by atoms with Crippen LogP contribution in [0.4, 0.5) is 0 Å². The smallest absolute Gasteiger partial charge is 0.312 e. The predicted molar refractivity (Wildman–Crippen MR) is 125 cm³/mol. The van der Waals surface area contributed by atoms with Crippen molar-refractivity contribution in [1.82, 2.24) is 0 Å². The molecule has 188 valence electrons. The summed E-state index contributed by atoms with van der Waals surface area (Å²) < 4.78 is 16.8. The Kier molecular flexibility index (Phi) is 7.55. The minimum absolute atomic E-state index is 0.0197. The monoisotopic (exact) mass is 464 g/mol. The average molecular weight is 465 g/mol. The van der Waals surface area contributed by atoms with Crippen LogP contribution in [-0.4, -0.2) is 35.7 Å². The van der Waals surface area contributed by atoms with Crippen LogP contribution in [-0.2, 0) is 28.6 Å². The molecule has 3 saturated carbocycles. The van der Waals surface area contributed by atoms with Gasteiger partial charge in [0.25, 0.3) is 0 Å². The van der Waals surface area contributed by atoms with E-state index in [1.54, 1.807) is 0 Å². The molecule has 0 N–H and O–H groups in total. The highest BCUT2D eigenvalue weighted by Crippen LogP contribution is 2.55. The summed E-state index contributed by atoms with van der Waals surface area (Å²) in [6, 6.07) is 0. The van der Waals surface area contributed by atoms with Gasteiger partial charge in [-0.15, -0.1) is 0 Å². The summed E-state index contributed by atoms with van der Waals surface area (Å²) in [5, 5.41) is 0. The average Bonchev–Trinajstić information content (AvgIpc) is 3.53. The van der Waals surface area contributed by atoms with Gasteiger partial charge in [-0.05, 0) is 85.5 Å². The van der Waals surface area contributed by atoms with E-state index in [0.717, 1.165) is 44.9 Å². The van der Waals surface area contributed by atoms with E-state index >= 15 is 0 Å². The number of fused-ring (bicyclic) bond motifs is 1.